The Morgan fingerprint density at radius 3 is 3.10 bits per heavy atom. The van der Waals surface area contributed by atoms with Crippen LogP contribution < -0.4 is 0 Å². The minimum Gasteiger partial charge on any atom is -0.355 e. The molecular formula is C7H10INO. The summed E-state index contributed by atoms with van der Waals surface area (Å²) in [7, 11) is 0. The summed E-state index contributed by atoms with van der Waals surface area (Å²) in [6, 6.07) is 0. The van der Waals surface area contributed by atoms with Gasteiger partial charge in [-0.25, -0.2) is 0 Å². The number of hydrogen-bond acceptors (Lipinski definition) is 2. The molecular weight excluding hydrogens is 241 g/mol. The molecule has 2 atom stereocenters. The van der Waals surface area contributed by atoms with E-state index in [9.17, 15) is 0 Å². The lowest BCUT2D eigenvalue weighted by Gasteiger charge is -2.17. The summed E-state index contributed by atoms with van der Waals surface area (Å²) in [5.74, 6) is 0. The quantitative estimate of drug-likeness (QED) is 0.541. The van der Waals surface area contributed by atoms with Crippen molar-refractivity contribution in [1.29, 1.82) is 0 Å². The van der Waals surface area contributed by atoms with Crippen LogP contribution in [0.1, 0.15) is 6.92 Å². The molecule has 1 aliphatic heterocycles. The molecule has 0 saturated heterocycles. The van der Waals surface area contributed by atoms with Crippen LogP contribution in [0.3, 0.4) is 0 Å². The molecule has 1 rings (SSSR count). The number of nitrogens with zero attached hydrogens (tertiary/aromatic N) is 1. The second kappa shape index (κ2) is 4.08. The van der Waals surface area contributed by atoms with Gasteiger partial charge in [0, 0.05) is 12.8 Å². The second-order valence-corrected chi connectivity index (χ2v) is 3.41. The Labute approximate surface area is 74.5 Å². The summed E-state index contributed by atoms with van der Waals surface area (Å²) in [6.45, 7) is 2.71. The van der Waals surface area contributed by atoms with Crippen molar-refractivity contribution in [1.82, 2.24) is 0 Å². The number of hydrogen-bond donors (Lipinski definition) is 0. The fourth-order valence-corrected chi connectivity index (χ4v) is 1.41. The molecule has 0 aromatic heterocycles. The molecule has 10 heavy (non-hydrogen) atoms. The first-order valence-electron chi connectivity index (χ1n) is 3.30. The average Bonchev–Trinajstić information content (AvgIpc) is 1.94. The molecule has 0 amide bonds. The van der Waals surface area contributed by atoms with E-state index in [1.807, 2.05) is 13.0 Å². The van der Waals surface area contributed by atoms with Crippen LogP contribution in [0.15, 0.2) is 17.1 Å². The van der Waals surface area contributed by atoms with E-state index in [-0.39, 0.29) is 6.23 Å². The van der Waals surface area contributed by atoms with Gasteiger partial charge in [0.25, 0.3) is 0 Å². The van der Waals surface area contributed by atoms with Gasteiger partial charge in [0.2, 0.25) is 0 Å². The Morgan fingerprint density at radius 2 is 2.50 bits per heavy atom. The number of dihydropyridines is 1. The van der Waals surface area contributed by atoms with Crippen LogP contribution in [0.2, 0.25) is 0 Å². The van der Waals surface area contributed by atoms with Crippen LogP contribution in [0.4, 0.5) is 0 Å². The number of halogens is 1. The Kier molecular flexibility index (Phi) is 3.34. The highest BCUT2D eigenvalue weighted by Gasteiger charge is 2.15. The summed E-state index contributed by atoms with van der Waals surface area (Å²) < 4.78 is 5.73. The number of alkyl halides is 1. The maximum atomic E-state index is 5.34. The van der Waals surface area contributed by atoms with E-state index in [1.54, 1.807) is 6.21 Å². The molecule has 0 aromatic carbocycles. The first-order valence-corrected chi connectivity index (χ1v) is 4.55. The van der Waals surface area contributed by atoms with E-state index in [0.717, 1.165) is 6.61 Å². The highest BCUT2D eigenvalue weighted by Crippen LogP contribution is 2.15. The van der Waals surface area contributed by atoms with Crippen molar-refractivity contribution in [2.45, 2.75) is 17.1 Å². The van der Waals surface area contributed by atoms with Gasteiger partial charge in [-0.1, -0.05) is 28.7 Å². The van der Waals surface area contributed by atoms with Gasteiger partial charge in [0.05, 0.1) is 3.92 Å². The first-order chi connectivity index (χ1) is 4.84. The molecule has 0 bridgehead atoms. The van der Waals surface area contributed by atoms with Gasteiger partial charge in [0.1, 0.15) is 0 Å². The zero-order valence-electron chi connectivity index (χ0n) is 5.83. The summed E-state index contributed by atoms with van der Waals surface area (Å²) >= 11 is 2.32. The number of ether oxygens (including phenoxy) is 1. The highest BCUT2D eigenvalue weighted by atomic mass is 127. The van der Waals surface area contributed by atoms with Crippen LogP contribution in [0.25, 0.3) is 0 Å². The normalized spacial score (nSPS) is 31.0. The molecule has 0 fully saturated rings. The largest absolute Gasteiger partial charge is 0.355 e. The van der Waals surface area contributed by atoms with Crippen molar-refractivity contribution in [2.75, 3.05) is 6.61 Å². The predicted octanol–water partition coefficient (Wildman–Crippen LogP) is 1.79. The van der Waals surface area contributed by atoms with E-state index in [0.29, 0.717) is 3.92 Å². The van der Waals surface area contributed by atoms with E-state index < -0.39 is 0 Å². The lowest BCUT2D eigenvalue weighted by atomic mass is 10.3. The Bertz CT molecular complexity index is 156. The number of allylic oxidation sites excluding steroid dienone is 1. The van der Waals surface area contributed by atoms with Crippen LogP contribution in [0, 0.1) is 0 Å². The van der Waals surface area contributed by atoms with Crippen LogP contribution in [-0.2, 0) is 4.74 Å². The lowest BCUT2D eigenvalue weighted by molar-refractivity contribution is 0.0777. The lowest BCUT2D eigenvalue weighted by Crippen LogP contribution is -2.22. The average molecular weight is 251 g/mol. The maximum Gasteiger partial charge on any atom is 0.163 e. The summed E-state index contributed by atoms with van der Waals surface area (Å²) in [6.07, 6.45) is 5.87. The summed E-state index contributed by atoms with van der Waals surface area (Å²) in [5, 5.41) is 0. The van der Waals surface area contributed by atoms with Crippen molar-refractivity contribution in [2.24, 2.45) is 4.99 Å². The Hall–Kier alpha value is 0.100. The van der Waals surface area contributed by atoms with Crippen molar-refractivity contribution < 1.29 is 4.74 Å². The summed E-state index contributed by atoms with van der Waals surface area (Å²) in [4.78, 5) is 4.16. The molecule has 2 nitrogen and oxygen atoms in total. The van der Waals surface area contributed by atoms with Gasteiger partial charge in [-0.05, 0) is 13.0 Å². The monoisotopic (exact) mass is 251 g/mol. The zero-order valence-corrected chi connectivity index (χ0v) is 7.98. The molecule has 1 heterocycles. The fourth-order valence-electron chi connectivity index (χ4n) is 0.773. The van der Waals surface area contributed by atoms with Crippen molar-refractivity contribution in [3.05, 3.63) is 12.2 Å². The van der Waals surface area contributed by atoms with Crippen molar-refractivity contribution >= 4 is 28.8 Å². The summed E-state index contributed by atoms with van der Waals surface area (Å²) in [5.41, 5.74) is 0. The second-order valence-electron chi connectivity index (χ2n) is 1.97. The van der Waals surface area contributed by atoms with Crippen LogP contribution in [0.5, 0.6) is 0 Å². The third-order valence-corrected chi connectivity index (χ3v) is 2.25. The van der Waals surface area contributed by atoms with E-state index >= 15 is 0 Å². The van der Waals surface area contributed by atoms with Crippen LogP contribution in [-0.4, -0.2) is 23.0 Å². The minimum absolute atomic E-state index is 0.0376. The molecule has 0 saturated carbocycles. The van der Waals surface area contributed by atoms with Gasteiger partial charge in [-0.2, -0.15) is 0 Å². The minimum atomic E-state index is 0.0376. The standard InChI is InChI=1S/C7H10INO/c1-2-10-7-6(8)4-3-5-9-7/h3-7H,2H2,1H3. The van der Waals surface area contributed by atoms with Gasteiger partial charge in [-0.15, -0.1) is 0 Å². The molecule has 3 heteroatoms. The molecule has 0 aliphatic carbocycles. The number of aliphatic imine (C=N–C) groups is 1. The number of rotatable bonds is 2. The maximum absolute atomic E-state index is 5.34. The Balaban J connectivity index is 2.44. The smallest absolute Gasteiger partial charge is 0.163 e. The fraction of sp³-hybridized carbons (Fsp3) is 0.571. The third-order valence-electron chi connectivity index (χ3n) is 1.22. The van der Waals surface area contributed by atoms with E-state index in [2.05, 4.69) is 33.7 Å². The predicted molar refractivity (Wildman–Crippen MR) is 50.9 cm³/mol. The van der Waals surface area contributed by atoms with Gasteiger partial charge < -0.3 is 4.74 Å². The zero-order chi connectivity index (χ0) is 7.40. The highest BCUT2D eigenvalue weighted by molar-refractivity contribution is 14.1. The van der Waals surface area contributed by atoms with Crippen LogP contribution >= 0.6 is 22.6 Å². The van der Waals surface area contributed by atoms with Crippen molar-refractivity contribution in [3.63, 3.8) is 0 Å². The SMILES string of the molecule is CCOC1N=CC=CC1I. The van der Waals surface area contributed by atoms with E-state index in [1.165, 1.54) is 0 Å². The molecule has 0 spiro atoms. The topological polar surface area (TPSA) is 21.6 Å². The molecule has 56 valence electrons. The van der Waals surface area contributed by atoms with Gasteiger partial charge in [-0.3, -0.25) is 4.99 Å². The molecule has 2 unspecified atom stereocenters. The third kappa shape index (κ3) is 2.05. The van der Waals surface area contributed by atoms with E-state index in [4.69, 9.17) is 4.74 Å². The van der Waals surface area contributed by atoms with Crippen molar-refractivity contribution in [3.8, 4) is 0 Å². The van der Waals surface area contributed by atoms with Gasteiger partial charge in [0.15, 0.2) is 6.23 Å². The molecule has 0 N–H and O–H groups in total. The first kappa shape index (κ1) is 8.20. The van der Waals surface area contributed by atoms with Gasteiger partial charge >= 0.3 is 0 Å². The Morgan fingerprint density at radius 1 is 1.70 bits per heavy atom. The molecule has 0 aromatic rings. The molecule has 1 aliphatic rings. The molecule has 0 radical (unpaired) electrons.